The van der Waals surface area contributed by atoms with Gasteiger partial charge in [-0.15, -0.1) is 0 Å². The van der Waals surface area contributed by atoms with E-state index in [0.717, 1.165) is 195 Å². The minimum atomic E-state index is -0.414. The lowest BCUT2D eigenvalue weighted by atomic mass is 9.99. The number of hydrogen-bond donors (Lipinski definition) is 0. The van der Waals surface area contributed by atoms with Crippen LogP contribution in [0.25, 0.3) is 0 Å². The van der Waals surface area contributed by atoms with Gasteiger partial charge in [-0.3, -0.25) is 43.7 Å². The fourth-order valence-corrected chi connectivity index (χ4v) is 22.2. The van der Waals surface area contributed by atoms with Crippen LogP contribution in [0.3, 0.4) is 0 Å². The summed E-state index contributed by atoms with van der Waals surface area (Å²) in [5.74, 6) is 2.83. The Labute approximate surface area is 759 Å². The molecule has 0 aromatic heterocycles. The molecule has 7 aliphatic carbocycles. The van der Waals surface area contributed by atoms with Crippen molar-refractivity contribution < 1.29 is 43.2 Å². The number of allylic oxidation sites excluding steroid dienone is 14. The van der Waals surface area contributed by atoms with Gasteiger partial charge in [-0.05, 0) is 308 Å². The molecule has 0 bridgehead atoms. The van der Waals surface area contributed by atoms with E-state index in [9.17, 15) is 43.7 Å². The van der Waals surface area contributed by atoms with Crippen molar-refractivity contribution >= 4 is 175 Å². The number of methoxy groups -OCH3 is 1. The van der Waals surface area contributed by atoms with Gasteiger partial charge in [0.1, 0.15) is 5.75 Å². The Morgan fingerprint density at radius 1 is 0.342 bits per heavy atom. The summed E-state index contributed by atoms with van der Waals surface area (Å²) in [6.07, 6.45) is 20.9. The van der Waals surface area contributed by atoms with E-state index < -0.39 is 4.92 Å². The van der Waals surface area contributed by atoms with E-state index in [1.165, 1.54) is 98.6 Å². The number of ketones is 7. The summed E-state index contributed by atoms with van der Waals surface area (Å²) in [5, 5.41) is 13.2. The maximum absolute atomic E-state index is 11.7. The van der Waals surface area contributed by atoms with Crippen LogP contribution in [0.2, 0.25) is 20.1 Å². The molecule has 0 atom stereocenters. The zero-order chi connectivity index (χ0) is 87.1. The van der Waals surface area contributed by atoms with Gasteiger partial charge in [0.2, 0.25) is 0 Å². The molecule has 22 heteroatoms. The lowest BCUT2D eigenvalue weighted by Gasteiger charge is -2.18. The van der Waals surface area contributed by atoms with Crippen LogP contribution in [0, 0.1) is 30.9 Å². The highest BCUT2D eigenvalue weighted by molar-refractivity contribution is 8.04. The Bertz CT molecular complexity index is 4980. The summed E-state index contributed by atoms with van der Waals surface area (Å²) in [7, 11) is 1.66. The number of hydrogen-bond acceptors (Lipinski definition) is 17. The maximum atomic E-state index is 11.7. The van der Waals surface area contributed by atoms with E-state index in [1.54, 1.807) is 90.2 Å². The molecule has 0 saturated carbocycles. The molecule has 0 N–H and O–H groups in total. The molecule has 120 heavy (non-hydrogen) atoms. The molecular formula is C98H107Cl4NO10S7. The number of halogens is 4. The molecule has 0 radical (unpaired) electrons. The van der Waals surface area contributed by atoms with Gasteiger partial charge in [0.05, 0.1) is 27.1 Å². The molecule has 0 fully saturated rings. The van der Waals surface area contributed by atoms with Gasteiger partial charge in [0.25, 0.3) is 5.69 Å². The molecule has 7 aromatic carbocycles. The molecule has 0 amide bonds. The van der Waals surface area contributed by atoms with Gasteiger partial charge in [-0.2, -0.15) is 0 Å². The predicted octanol–water partition coefficient (Wildman–Crippen LogP) is 31.0. The third-order valence-corrected chi connectivity index (χ3v) is 31.9. The first-order chi connectivity index (χ1) is 57.4. The number of carbonyl (C=O) groups is 7. The van der Waals surface area contributed by atoms with Crippen LogP contribution in [-0.4, -0.2) is 52.5 Å². The van der Waals surface area contributed by atoms with Crippen molar-refractivity contribution in [3.63, 3.8) is 0 Å². The molecule has 0 heterocycles. The maximum Gasteiger partial charge on any atom is 0.269 e. The minimum Gasteiger partial charge on any atom is -0.497 e. The summed E-state index contributed by atoms with van der Waals surface area (Å²) in [6.45, 7) is 22.0. The zero-order valence-electron chi connectivity index (χ0n) is 70.6. The average Bonchev–Trinajstić information content (AvgIpc) is 0.831. The number of carbonyl (C=O) groups excluding carboxylic acids is 7. The second-order valence-electron chi connectivity index (χ2n) is 30.0. The quantitative estimate of drug-likeness (QED) is 0.0586. The van der Waals surface area contributed by atoms with Crippen LogP contribution in [0.4, 0.5) is 5.69 Å². The molecule has 11 nitrogen and oxygen atoms in total. The molecule has 0 unspecified atom stereocenters. The first-order valence-electron chi connectivity index (χ1n) is 40.8. The summed E-state index contributed by atoms with van der Waals surface area (Å²) >= 11 is 35.9. The monoisotopic (exact) mass is 1820 g/mol. The van der Waals surface area contributed by atoms with E-state index in [2.05, 4.69) is 94.4 Å². The van der Waals surface area contributed by atoms with Gasteiger partial charge in [-0.1, -0.05) is 196 Å². The number of Topliss-reactive ketones (excluding diaryl/α,β-unsaturated/α-hetero) is 7. The number of thioether (sulfide) groups is 7. The number of benzene rings is 7. The van der Waals surface area contributed by atoms with Crippen molar-refractivity contribution in [1.82, 2.24) is 0 Å². The summed E-state index contributed by atoms with van der Waals surface area (Å²) < 4.78 is 5.12. The lowest BCUT2D eigenvalue weighted by Crippen LogP contribution is -2.07. The van der Waals surface area contributed by atoms with Crippen molar-refractivity contribution in [2.45, 2.75) is 258 Å². The Hall–Kier alpha value is -6.78. The second kappa shape index (κ2) is 50.2. The fourth-order valence-electron chi connectivity index (χ4n) is 13.4. The second-order valence-corrected chi connectivity index (χ2v) is 39.6. The first kappa shape index (κ1) is 98.7. The first-order valence-corrected chi connectivity index (χ1v) is 48.0. The van der Waals surface area contributed by atoms with Crippen molar-refractivity contribution in [3.8, 4) is 5.75 Å². The predicted molar refractivity (Wildman–Crippen MR) is 508 cm³/mol. The topological polar surface area (TPSA) is 172 Å². The average molecular weight is 1830 g/mol. The highest BCUT2D eigenvalue weighted by Crippen LogP contribution is 2.46. The van der Waals surface area contributed by atoms with Crippen molar-refractivity contribution in [3.05, 3.63) is 277 Å². The highest BCUT2D eigenvalue weighted by atomic mass is 35.5. The van der Waals surface area contributed by atoms with Gasteiger partial charge < -0.3 is 4.74 Å². The summed E-state index contributed by atoms with van der Waals surface area (Å²) in [4.78, 5) is 107. The molecule has 634 valence electrons. The Morgan fingerprint density at radius 3 is 0.975 bits per heavy atom. The largest absolute Gasteiger partial charge is 0.497 e. The van der Waals surface area contributed by atoms with Gasteiger partial charge in [0.15, 0.2) is 40.5 Å². The number of nitrogens with zero attached hydrogens (tertiary/aromatic N) is 1. The fraction of sp³-hybridized carbons (Fsp3) is 0.357. The normalized spacial score (nSPS) is 16.4. The van der Waals surface area contributed by atoms with E-state index >= 15 is 0 Å². The summed E-state index contributed by atoms with van der Waals surface area (Å²) in [5.41, 5.74) is 11.8. The van der Waals surface area contributed by atoms with Gasteiger partial charge in [-0.25, -0.2) is 0 Å². The highest BCUT2D eigenvalue weighted by Gasteiger charge is 2.25. The molecule has 0 saturated heterocycles. The van der Waals surface area contributed by atoms with Crippen LogP contribution in [0.15, 0.2) is 259 Å². The Morgan fingerprint density at radius 2 is 0.642 bits per heavy atom. The summed E-state index contributed by atoms with van der Waals surface area (Å²) in [6, 6.07) is 48.8. The van der Waals surface area contributed by atoms with Crippen LogP contribution in [-0.2, 0) is 40.0 Å². The minimum absolute atomic E-state index is 0.0878. The van der Waals surface area contributed by atoms with Gasteiger partial charge in [0, 0.05) is 135 Å². The van der Waals surface area contributed by atoms with Crippen LogP contribution in [0.1, 0.15) is 219 Å². The Balaban J connectivity index is 0.000000174. The number of non-ortho nitro benzene ring substituents is 1. The SMILES string of the molecule is CC1=C(Sc2c(C)cccc2C)CCCC1=O.CC1=C(Sc2c(Cl)cccc2Cl)CCCC1=O.CC1=C(Sc2cc(Cl)ccc2Cl)CCCC1=O.CC1=C(Sc2ccc(C)cc2)CCCC1=O.CC1=C(Sc2ccc([N+](=O)[O-])cc2)CCCC1=O.CCCc1ccc(SC2=C(C)C(=O)CCC2)cc1.COc1ccc(SC2=C(C)C(=O)CCC2)cc1. The third-order valence-electron chi connectivity index (χ3n) is 21.0. The number of nitro benzene ring substituents is 1. The van der Waals surface area contributed by atoms with Crippen LogP contribution < -0.4 is 4.74 Å². The van der Waals surface area contributed by atoms with Crippen molar-refractivity contribution in [2.24, 2.45) is 0 Å². The molecule has 7 aromatic rings. The van der Waals surface area contributed by atoms with E-state index in [-0.39, 0.29) is 23.0 Å². The third kappa shape index (κ3) is 30.9. The van der Waals surface area contributed by atoms with Crippen molar-refractivity contribution in [2.75, 3.05) is 7.11 Å². The number of aryl methyl sites for hydroxylation is 4. The standard InChI is InChI=1S/C16H20OS.C15H18OS.C14H16O2S.C14H16OS.2C13H12Cl2OS.C13H13NO3S/c1-3-5-13-8-10-14(11-9-13)18-16-7-4-6-15(17)12(16)2;1-10-6-4-7-11(2)15(10)17-14-9-5-8-13(16)12(14)3;1-10-13(15)4-3-5-14(10)17-12-8-6-11(16-2)7-9-12;1-10-6-8-12(9-7-10)16-14-5-3-4-13(15)11(14)2;1-8-11(16)6-3-7-12(8)17-13-9(14)4-2-5-10(13)15;1-8-11(16)3-2-4-12(8)17-13-7-9(14)5-6-10(13)15;1-9-12(15)3-2-4-13(9)18-11-7-5-10(6-8-11)14(16)17/h8-11H,3-7H2,1-2H3;4,6-7H,5,8-9H2,1-3H3;6-9H,3-5H2,1-2H3;6-9H,3-5H2,1-2H3;2,4-5H,3,6-7H2,1H3;5-7H,2-4H2,1H3;5-8H,2-4H2,1H3. The van der Waals surface area contributed by atoms with Gasteiger partial charge >= 0.3 is 0 Å². The molecule has 14 rings (SSSR count). The Kier molecular flexibility index (Phi) is 41.3. The molecule has 0 aliphatic heterocycles. The van der Waals surface area contributed by atoms with E-state index in [0.29, 0.717) is 68.9 Å². The molecule has 0 spiro atoms. The molecular weight excluding hydrogens is 1720 g/mol. The van der Waals surface area contributed by atoms with Crippen molar-refractivity contribution in [1.29, 1.82) is 0 Å². The number of nitro groups is 1. The van der Waals surface area contributed by atoms with Crippen LogP contribution in [0.5, 0.6) is 5.75 Å². The number of rotatable bonds is 18. The van der Waals surface area contributed by atoms with E-state index in [4.69, 9.17) is 51.1 Å². The zero-order valence-corrected chi connectivity index (χ0v) is 79.3. The molecule has 7 aliphatic rings. The lowest BCUT2D eigenvalue weighted by molar-refractivity contribution is -0.384. The number of ether oxygens (including phenoxy) is 1. The van der Waals surface area contributed by atoms with E-state index in [1.807, 2.05) is 97.0 Å². The van der Waals surface area contributed by atoms with Crippen LogP contribution >= 0.6 is 129 Å². The smallest absolute Gasteiger partial charge is 0.269 e.